The predicted molar refractivity (Wildman–Crippen MR) is 116 cm³/mol. The highest BCUT2D eigenvalue weighted by Gasteiger charge is 2.29. The largest absolute Gasteiger partial charge is 0.359 e. The number of benzene rings is 1. The number of nitrogens with zero attached hydrogens (tertiary/aromatic N) is 5. The topological polar surface area (TPSA) is 76.6 Å². The summed E-state index contributed by atoms with van der Waals surface area (Å²) in [5.74, 6) is 0.867. The molecule has 2 N–H and O–H groups in total. The van der Waals surface area contributed by atoms with Crippen molar-refractivity contribution in [3.8, 4) is 0 Å². The van der Waals surface area contributed by atoms with E-state index in [9.17, 15) is 9.18 Å². The standard InChI is InChI=1S/C20H25ClFN7O/c1-27(2)11-16(13-3-4-14(21)15(22)9-13)28-5-7-29(8-6-28)20-18-19(24-12-25-20)23-10-17(30)26-18/h3-4,9,12,16H,5-8,10-11H2,1-2H3,(H,26,30)(H,23,24,25). The first-order chi connectivity index (χ1) is 14.4. The van der Waals surface area contributed by atoms with Crippen LogP contribution in [-0.2, 0) is 4.79 Å². The number of carbonyl (C=O) groups excluding carboxylic acids is 1. The molecular weight excluding hydrogens is 409 g/mol. The van der Waals surface area contributed by atoms with Crippen molar-refractivity contribution in [3.63, 3.8) is 0 Å². The highest BCUT2D eigenvalue weighted by atomic mass is 35.5. The Bertz CT molecular complexity index is 933. The van der Waals surface area contributed by atoms with Crippen LogP contribution in [0.25, 0.3) is 0 Å². The molecule has 0 spiro atoms. The van der Waals surface area contributed by atoms with E-state index in [4.69, 9.17) is 11.6 Å². The van der Waals surface area contributed by atoms with Gasteiger partial charge in [-0.1, -0.05) is 17.7 Å². The molecular formula is C20H25ClFN7O. The number of carbonyl (C=O) groups is 1. The van der Waals surface area contributed by atoms with Gasteiger partial charge < -0.3 is 20.4 Å². The minimum Gasteiger partial charge on any atom is -0.359 e. The van der Waals surface area contributed by atoms with Crippen LogP contribution in [0.3, 0.4) is 0 Å². The summed E-state index contributed by atoms with van der Waals surface area (Å²) in [5.41, 5.74) is 1.54. The summed E-state index contributed by atoms with van der Waals surface area (Å²) in [4.78, 5) is 27.0. The van der Waals surface area contributed by atoms with Gasteiger partial charge in [-0.25, -0.2) is 14.4 Å². The first-order valence-corrected chi connectivity index (χ1v) is 10.3. The molecule has 1 unspecified atom stereocenters. The monoisotopic (exact) mass is 433 g/mol. The van der Waals surface area contributed by atoms with Crippen LogP contribution in [0.15, 0.2) is 24.5 Å². The molecule has 1 saturated heterocycles. The number of nitrogens with one attached hydrogen (secondary N) is 2. The fourth-order valence-corrected chi connectivity index (χ4v) is 4.07. The van der Waals surface area contributed by atoms with E-state index < -0.39 is 5.82 Å². The molecule has 8 nitrogen and oxygen atoms in total. The molecule has 3 heterocycles. The molecule has 1 atom stereocenters. The molecule has 1 aromatic carbocycles. The van der Waals surface area contributed by atoms with Gasteiger partial charge in [0, 0.05) is 38.8 Å². The Morgan fingerprint density at radius 2 is 2.00 bits per heavy atom. The van der Waals surface area contributed by atoms with E-state index in [0.29, 0.717) is 11.5 Å². The zero-order valence-corrected chi connectivity index (χ0v) is 17.8. The Morgan fingerprint density at radius 3 is 2.70 bits per heavy atom. The molecule has 0 saturated carbocycles. The summed E-state index contributed by atoms with van der Waals surface area (Å²) in [6.07, 6.45) is 1.51. The van der Waals surface area contributed by atoms with E-state index in [1.54, 1.807) is 6.07 Å². The summed E-state index contributed by atoms with van der Waals surface area (Å²) >= 11 is 5.88. The number of halogens is 2. The lowest BCUT2D eigenvalue weighted by molar-refractivity contribution is -0.114. The fraction of sp³-hybridized carbons (Fsp3) is 0.450. The Labute approximate surface area is 180 Å². The molecule has 30 heavy (non-hydrogen) atoms. The number of likely N-dealkylation sites (N-methyl/N-ethyl adjacent to an activating group) is 1. The molecule has 10 heteroatoms. The molecule has 1 amide bonds. The van der Waals surface area contributed by atoms with Crippen molar-refractivity contribution in [1.29, 1.82) is 0 Å². The highest BCUT2D eigenvalue weighted by Crippen LogP contribution is 2.33. The summed E-state index contributed by atoms with van der Waals surface area (Å²) in [5, 5.41) is 6.04. The lowest BCUT2D eigenvalue weighted by Crippen LogP contribution is -2.50. The van der Waals surface area contributed by atoms with Gasteiger partial charge in [-0.2, -0.15) is 0 Å². The molecule has 2 aliphatic heterocycles. The van der Waals surface area contributed by atoms with Crippen molar-refractivity contribution in [2.24, 2.45) is 0 Å². The van der Waals surface area contributed by atoms with Crippen LogP contribution >= 0.6 is 11.6 Å². The van der Waals surface area contributed by atoms with Crippen LogP contribution in [0.1, 0.15) is 11.6 Å². The molecule has 2 aliphatic rings. The maximum atomic E-state index is 14.1. The van der Waals surface area contributed by atoms with Crippen LogP contribution in [-0.4, -0.2) is 79.0 Å². The van der Waals surface area contributed by atoms with Crippen LogP contribution in [0.5, 0.6) is 0 Å². The lowest BCUT2D eigenvalue weighted by Gasteiger charge is -2.41. The number of hydrogen-bond donors (Lipinski definition) is 2. The van der Waals surface area contributed by atoms with E-state index >= 15 is 0 Å². The average Bonchev–Trinajstić information content (AvgIpc) is 2.74. The lowest BCUT2D eigenvalue weighted by atomic mass is 10.0. The maximum absolute atomic E-state index is 14.1. The molecule has 160 valence electrons. The number of hydrogen-bond acceptors (Lipinski definition) is 7. The van der Waals surface area contributed by atoms with E-state index in [1.807, 2.05) is 20.2 Å². The third-order valence-electron chi connectivity index (χ3n) is 5.43. The SMILES string of the molecule is CN(C)CC(c1ccc(Cl)c(F)c1)N1CCN(c2ncnc3c2NC(=O)CN3)CC1. The van der Waals surface area contributed by atoms with Gasteiger partial charge in [-0.3, -0.25) is 9.69 Å². The van der Waals surface area contributed by atoms with Gasteiger partial charge in [-0.15, -0.1) is 0 Å². The normalized spacial score (nSPS) is 18.0. The minimum atomic E-state index is -0.396. The van der Waals surface area contributed by atoms with Gasteiger partial charge in [0.2, 0.25) is 5.91 Å². The maximum Gasteiger partial charge on any atom is 0.243 e. The van der Waals surface area contributed by atoms with Crippen molar-refractivity contribution < 1.29 is 9.18 Å². The summed E-state index contributed by atoms with van der Waals surface area (Å²) in [7, 11) is 4.02. The second-order valence-corrected chi connectivity index (χ2v) is 8.20. The zero-order valence-electron chi connectivity index (χ0n) is 17.0. The number of rotatable bonds is 5. The van der Waals surface area contributed by atoms with Gasteiger partial charge in [0.05, 0.1) is 11.6 Å². The van der Waals surface area contributed by atoms with Gasteiger partial charge in [0.25, 0.3) is 0 Å². The van der Waals surface area contributed by atoms with Crippen LogP contribution in [0, 0.1) is 5.82 Å². The zero-order chi connectivity index (χ0) is 21.3. The summed E-state index contributed by atoms with van der Waals surface area (Å²) < 4.78 is 14.1. The number of aromatic nitrogens is 2. The smallest absolute Gasteiger partial charge is 0.243 e. The molecule has 2 aromatic rings. The molecule has 1 aromatic heterocycles. The molecule has 0 radical (unpaired) electrons. The van der Waals surface area contributed by atoms with Crippen molar-refractivity contribution in [3.05, 3.63) is 40.9 Å². The van der Waals surface area contributed by atoms with Crippen molar-refractivity contribution in [2.45, 2.75) is 6.04 Å². The quantitative estimate of drug-likeness (QED) is 0.747. The summed E-state index contributed by atoms with van der Waals surface area (Å²) in [6.45, 7) is 4.01. The van der Waals surface area contributed by atoms with Crippen LogP contribution in [0.2, 0.25) is 5.02 Å². The van der Waals surface area contributed by atoms with Crippen LogP contribution in [0.4, 0.5) is 21.7 Å². The highest BCUT2D eigenvalue weighted by molar-refractivity contribution is 6.30. The van der Waals surface area contributed by atoms with E-state index in [1.165, 1.54) is 12.4 Å². The number of anilines is 3. The van der Waals surface area contributed by atoms with Crippen molar-refractivity contribution in [2.75, 3.05) is 68.9 Å². The van der Waals surface area contributed by atoms with Crippen molar-refractivity contribution >= 4 is 34.8 Å². The minimum absolute atomic E-state index is 0.0506. The van der Waals surface area contributed by atoms with Gasteiger partial charge in [-0.05, 0) is 31.8 Å². The Balaban J connectivity index is 1.51. The number of amides is 1. The molecule has 4 rings (SSSR count). The predicted octanol–water partition coefficient (Wildman–Crippen LogP) is 2.06. The first kappa shape index (κ1) is 20.8. The second kappa shape index (κ2) is 8.71. The van der Waals surface area contributed by atoms with Gasteiger partial charge in [0.1, 0.15) is 17.8 Å². The van der Waals surface area contributed by atoms with E-state index in [-0.39, 0.29) is 23.5 Å². The number of fused-ring (bicyclic) bond motifs is 1. The molecule has 1 fully saturated rings. The fourth-order valence-electron chi connectivity index (χ4n) is 3.96. The Kier molecular flexibility index (Phi) is 6.03. The van der Waals surface area contributed by atoms with Crippen molar-refractivity contribution in [1.82, 2.24) is 19.8 Å². The van der Waals surface area contributed by atoms with Gasteiger partial charge >= 0.3 is 0 Å². The Morgan fingerprint density at radius 1 is 1.23 bits per heavy atom. The Hall–Kier alpha value is -2.49. The molecule has 0 bridgehead atoms. The third-order valence-corrected chi connectivity index (χ3v) is 5.74. The van der Waals surface area contributed by atoms with E-state index in [2.05, 4.69) is 35.3 Å². The average molecular weight is 434 g/mol. The third kappa shape index (κ3) is 4.33. The van der Waals surface area contributed by atoms with Gasteiger partial charge in [0.15, 0.2) is 11.6 Å². The summed E-state index contributed by atoms with van der Waals surface area (Å²) in [6, 6.07) is 5.10. The number of piperazine rings is 1. The van der Waals surface area contributed by atoms with E-state index in [0.717, 1.165) is 44.1 Å². The first-order valence-electron chi connectivity index (χ1n) is 9.90. The molecule has 0 aliphatic carbocycles. The second-order valence-electron chi connectivity index (χ2n) is 7.80. The van der Waals surface area contributed by atoms with Crippen LogP contribution < -0.4 is 15.5 Å².